The molecule has 0 saturated heterocycles. The highest BCUT2D eigenvalue weighted by molar-refractivity contribution is 5.79. The first-order valence-electron chi connectivity index (χ1n) is 14.9. The van der Waals surface area contributed by atoms with Crippen molar-refractivity contribution in [3.8, 4) is 11.1 Å². The van der Waals surface area contributed by atoms with Gasteiger partial charge in [-0.15, -0.1) is 0 Å². The van der Waals surface area contributed by atoms with E-state index in [1.165, 1.54) is 44.5 Å². The Kier molecular flexibility index (Phi) is 10.6. The van der Waals surface area contributed by atoms with Crippen molar-refractivity contribution < 1.29 is 23.8 Å². The summed E-state index contributed by atoms with van der Waals surface area (Å²) >= 11 is 0. The third-order valence-corrected chi connectivity index (χ3v) is 9.23. The Morgan fingerprint density at radius 2 is 1.34 bits per heavy atom. The fourth-order valence-corrected chi connectivity index (χ4v) is 6.19. The number of fused-ring (bicyclic) bond motifs is 3. The second-order valence-corrected chi connectivity index (χ2v) is 11.5. The third-order valence-electron chi connectivity index (χ3n) is 9.23. The predicted octanol–water partition coefficient (Wildman–Crippen LogP) is 7.38. The molecule has 2 aromatic carbocycles. The van der Waals surface area contributed by atoms with Gasteiger partial charge in [-0.2, -0.15) is 0 Å². The summed E-state index contributed by atoms with van der Waals surface area (Å²) in [4.78, 5) is 24.6. The first-order chi connectivity index (χ1) is 19.7. The van der Waals surface area contributed by atoms with Crippen LogP contribution in [0.15, 0.2) is 70.8 Å². The number of hydrogen-bond donors (Lipinski definition) is 1. The van der Waals surface area contributed by atoms with Gasteiger partial charge in [0.2, 0.25) is 0 Å². The molecule has 0 unspecified atom stereocenters. The van der Waals surface area contributed by atoms with Crippen LogP contribution in [0.2, 0.25) is 0 Å². The number of carbonyl (C=O) groups excluding carboxylic acids is 2. The summed E-state index contributed by atoms with van der Waals surface area (Å²) < 4.78 is 16.7. The van der Waals surface area contributed by atoms with Crippen LogP contribution in [0.25, 0.3) is 11.1 Å². The number of hydrogen-bond acceptors (Lipinski definition) is 5. The van der Waals surface area contributed by atoms with Crippen LogP contribution in [0.1, 0.15) is 77.3 Å². The van der Waals surface area contributed by atoms with Gasteiger partial charge < -0.3 is 19.5 Å². The Labute approximate surface area is 245 Å². The lowest BCUT2D eigenvalue weighted by Gasteiger charge is -2.29. The molecule has 0 spiro atoms. The molecular formula is C35H45NO5. The van der Waals surface area contributed by atoms with Crippen molar-refractivity contribution in [2.24, 2.45) is 5.41 Å². The minimum Gasteiger partial charge on any atom is -0.449 e. The molecule has 0 radical (unpaired) electrons. The van der Waals surface area contributed by atoms with E-state index in [1.807, 2.05) is 24.3 Å². The van der Waals surface area contributed by atoms with Crippen LogP contribution < -0.4 is 5.32 Å². The van der Waals surface area contributed by atoms with Crippen molar-refractivity contribution in [2.45, 2.75) is 66.2 Å². The summed E-state index contributed by atoms with van der Waals surface area (Å²) in [6.45, 7) is 13.4. The molecule has 0 bridgehead atoms. The number of carbonyl (C=O) groups is 2. The van der Waals surface area contributed by atoms with Gasteiger partial charge in [-0.1, -0.05) is 66.6 Å². The summed E-state index contributed by atoms with van der Waals surface area (Å²) in [5.74, 6) is 0.289. The fourth-order valence-electron chi connectivity index (χ4n) is 6.19. The maximum Gasteiger partial charge on any atom is 0.407 e. The lowest BCUT2D eigenvalue weighted by Crippen LogP contribution is -2.29. The van der Waals surface area contributed by atoms with Gasteiger partial charge in [0, 0.05) is 30.7 Å². The summed E-state index contributed by atoms with van der Waals surface area (Å²) in [5, 5.41) is 2.75. The minimum atomic E-state index is -0.449. The Morgan fingerprint density at radius 3 is 1.95 bits per heavy atom. The zero-order valence-electron chi connectivity index (χ0n) is 25.3. The maximum absolute atomic E-state index is 12.3. The zero-order chi connectivity index (χ0) is 29.4. The van der Waals surface area contributed by atoms with Crippen LogP contribution in [0.3, 0.4) is 0 Å². The van der Waals surface area contributed by atoms with Gasteiger partial charge in [0.25, 0.3) is 0 Å². The lowest BCUT2D eigenvalue weighted by atomic mass is 9.75. The number of rotatable bonds is 15. The number of alkyl carbamates (subject to hydrolysis) is 1. The van der Waals surface area contributed by atoms with E-state index < -0.39 is 6.09 Å². The molecule has 0 heterocycles. The van der Waals surface area contributed by atoms with Gasteiger partial charge in [0.05, 0.1) is 26.4 Å². The van der Waals surface area contributed by atoms with Gasteiger partial charge in [0.15, 0.2) is 0 Å². The smallest absolute Gasteiger partial charge is 0.407 e. The molecule has 220 valence electrons. The molecule has 0 aliphatic heterocycles. The van der Waals surface area contributed by atoms with Crippen molar-refractivity contribution in [1.82, 2.24) is 5.32 Å². The summed E-state index contributed by atoms with van der Waals surface area (Å²) in [7, 11) is 0. The number of amides is 1. The van der Waals surface area contributed by atoms with Crippen LogP contribution in [0.5, 0.6) is 0 Å². The predicted molar refractivity (Wildman–Crippen MR) is 163 cm³/mol. The first kappa shape index (κ1) is 30.7. The number of nitrogens with one attached hydrogen (secondary N) is 1. The zero-order valence-corrected chi connectivity index (χ0v) is 25.3. The molecule has 2 aromatic rings. The van der Waals surface area contributed by atoms with Gasteiger partial charge in [-0.3, -0.25) is 4.79 Å². The van der Waals surface area contributed by atoms with Crippen molar-refractivity contribution in [3.05, 3.63) is 82.0 Å². The van der Waals surface area contributed by atoms with Crippen molar-refractivity contribution in [3.63, 3.8) is 0 Å². The number of ether oxygens (including phenoxy) is 3. The standard InChI is InChI=1S/C35H45NO5/c1-24-25(2)27(4)35(5,26(24)3)17-10-11-28(37)16-19-39-21-22-40-20-18-36-34(38)41-23-33-31-14-8-6-12-29(31)30-13-7-9-15-32(30)33/h6-9,12-15,33H,10-11,16-23H2,1-5H3,(H,36,38). The molecule has 6 nitrogen and oxygen atoms in total. The number of ketones is 1. The normalized spacial score (nSPS) is 15.7. The monoisotopic (exact) mass is 559 g/mol. The summed E-state index contributed by atoms with van der Waals surface area (Å²) in [6, 6.07) is 16.5. The molecule has 2 aliphatic carbocycles. The second kappa shape index (κ2) is 14.1. The molecule has 0 fully saturated rings. The molecule has 41 heavy (non-hydrogen) atoms. The van der Waals surface area contributed by atoms with E-state index in [1.54, 1.807) is 0 Å². The molecule has 0 saturated carbocycles. The number of benzene rings is 2. The molecule has 1 N–H and O–H groups in total. The van der Waals surface area contributed by atoms with Crippen LogP contribution in [0, 0.1) is 5.41 Å². The van der Waals surface area contributed by atoms with Gasteiger partial charge in [0.1, 0.15) is 12.4 Å². The lowest BCUT2D eigenvalue weighted by molar-refractivity contribution is -0.120. The highest BCUT2D eigenvalue weighted by Gasteiger charge is 2.35. The first-order valence-corrected chi connectivity index (χ1v) is 14.9. The quantitative estimate of drug-likeness (QED) is 0.231. The molecular weight excluding hydrogens is 514 g/mol. The maximum atomic E-state index is 12.3. The fraction of sp³-hybridized carbons (Fsp3) is 0.486. The Morgan fingerprint density at radius 1 is 0.780 bits per heavy atom. The average Bonchev–Trinajstić information content (AvgIpc) is 3.37. The second-order valence-electron chi connectivity index (χ2n) is 11.5. The molecule has 0 atom stereocenters. The average molecular weight is 560 g/mol. The van der Waals surface area contributed by atoms with Gasteiger partial charge in [-0.25, -0.2) is 4.79 Å². The van der Waals surface area contributed by atoms with Crippen molar-refractivity contribution >= 4 is 11.9 Å². The van der Waals surface area contributed by atoms with Crippen LogP contribution in [0.4, 0.5) is 4.79 Å². The van der Waals surface area contributed by atoms with E-state index in [2.05, 4.69) is 64.2 Å². The van der Waals surface area contributed by atoms with Crippen molar-refractivity contribution in [2.75, 3.05) is 39.6 Å². The van der Waals surface area contributed by atoms with Crippen LogP contribution in [-0.2, 0) is 19.0 Å². The highest BCUT2D eigenvalue weighted by atomic mass is 16.5. The Bertz CT molecular complexity index is 1240. The molecule has 6 heteroatoms. The van der Waals surface area contributed by atoms with Crippen molar-refractivity contribution in [1.29, 1.82) is 0 Å². The van der Waals surface area contributed by atoms with E-state index in [4.69, 9.17) is 14.2 Å². The van der Waals surface area contributed by atoms with E-state index in [9.17, 15) is 9.59 Å². The Hall–Kier alpha value is -3.22. The topological polar surface area (TPSA) is 73.9 Å². The van der Waals surface area contributed by atoms with E-state index in [-0.39, 0.29) is 17.1 Å². The highest BCUT2D eigenvalue weighted by Crippen LogP contribution is 2.49. The van der Waals surface area contributed by atoms with Gasteiger partial charge in [-0.05, 0) is 73.9 Å². The van der Waals surface area contributed by atoms with Gasteiger partial charge >= 0.3 is 6.09 Å². The minimum absolute atomic E-state index is 0.0419. The molecule has 0 aromatic heterocycles. The van der Waals surface area contributed by atoms with Crippen LogP contribution in [-0.4, -0.2) is 51.5 Å². The molecule has 1 amide bonds. The summed E-state index contributed by atoms with van der Waals surface area (Å²) in [6.07, 6.45) is 2.47. The van der Waals surface area contributed by atoms with E-state index >= 15 is 0 Å². The molecule has 2 aliphatic rings. The largest absolute Gasteiger partial charge is 0.449 e. The third kappa shape index (κ3) is 7.17. The molecule has 4 rings (SSSR count). The van der Waals surface area contributed by atoms with E-state index in [0.29, 0.717) is 52.4 Å². The summed E-state index contributed by atoms with van der Waals surface area (Å²) in [5.41, 5.74) is 10.6. The Balaban J connectivity index is 1.02. The van der Waals surface area contributed by atoms with E-state index in [0.717, 1.165) is 12.8 Å². The number of allylic oxidation sites excluding steroid dienone is 4. The number of Topliss-reactive ketones (excluding diaryl/α,β-unsaturated/α-hetero) is 1. The SMILES string of the molecule is CC1=C(C)C(C)(CCCC(=O)CCOCCOCCNC(=O)OCC2c3ccccc3-c3ccccc32)C(C)=C1C. The van der Waals surface area contributed by atoms with Crippen LogP contribution >= 0.6 is 0 Å².